The largest absolute Gasteiger partial charge is 0.328 e. The maximum absolute atomic E-state index is 6.01. The molecule has 0 aromatic heterocycles. The lowest BCUT2D eigenvalue weighted by molar-refractivity contribution is 0.0806. The highest BCUT2D eigenvalue weighted by molar-refractivity contribution is 5.22. The molecule has 0 saturated carbocycles. The highest BCUT2D eigenvalue weighted by atomic mass is 15.2. The SMILES string of the molecule is CC(C)CC1(N2CCC(N)CC2)C=CC=CC1. The zero-order valence-electron chi connectivity index (χ0n) is 11.2. The Morgan fingerprint density at radius 2 is 2.00 bits per heavy atom. The molecule has 0 bridgehead atoms. The average Bonchev–Trinajstić information content (AvgIpc) is 2.30. The van der Waals surface area contributed by atoms with E-state index in [0.717, 1.165) is 38.3 Å². The van der Waals surface area contributed by atoms with Gasteiger partial charge in [-0.25, -0.2) is 0 Å². The van der Waals surface area contributed by atoms with Crippen molar-refractivity contribution in [2.75, 3.05) is 13.1 Å². The van der Waals surface area contributed by atoms with E-state index in [1.165, 1.54) is 6.42 Å². The summed E-state index contributed by atoms with van der Waals surface area (Å²) in [5.41, 5.74) is 6.28. The molecule has 0 amide bonds. The second kappa shape index (κ2) is 5.36. The molecule has 1 atom stereocenters. The lowest BCUT2D eigenvalue weighted by Crippen LogP contribution is -2.53. The summed E-state index contributed by atoms with van der Waals surface area (Å²) in [5.74, 6) is 0.738. The minimum atomic E-state index is 0.267. The fourth-order valence-electron chi connectivity index (χ4n) is 3.22. The van der Waals surface area contributed by atoms with E-state index in [4.69, 9.17) is 5.73 Å². The predicted molar refractivity (Wildman–Crippen MR) is 73.9 cm³/mol. The maximum atomic E-state index is 6.01. The second-order valence-electron chi connectivity index (χ2n) is 6.02. The number of hydrogen-bond donors (Lipinski definition) is 1. The summed E-state index contributed by atoms with van der Waals surface area (Å²) in [5, 5.41) is 0. The molecule has 2 rings (SSSR count). The summed E-state index contributed by atoms with van der Waals surface area (Å²) < 4.78 is 0. The summed E-state index contributed by atoms with van der Waals surface area (Å²) in [6, 6.07) is 0.422. The monoisotopic (exact) mass is 234 g/mol. The molecule has 1 unspecified atom stereocenters. The van der Waals surface area contributed by atoms with Crippen molar-refractivity contribution in [2.24, 2.45) is 11.7 Å². The van der Waals surface area contributed by atoms with Gasteiger partial charge >= 0.3 is 0 Å². The number of piperidine rings is 1. The number of allylic oxidation sites excluding steroid dienone is 2. The molecule has 1 heterocycles. The van der Waals surface area contributed by atoms with Crippen LogP contribution in [-0.2, 0) is 0 Å². The molecule has 1 fully saturated rings. The lowest BCUT2D eigenvalue weighted by Gasteiger charge is -2.46. The van der Waals surface area contributed by atoms with Gasteiger partial charge in [0, 0.05) is 24.7 Å². The first-order valence-corrected chi connectivity index (χ1v) is 6.97. The van der Waals surface area contributed by atoms with Crippen molar-refractivity contribution >= 4 is 0 Å². The number of likely N-dealkylation sites (tertiary alicyclic amines) is 1. The molecule has 1 aliphatic heterocycles. The first-order chi connectivity index (χ1) is 8.12. The quantitative estimate of drug-likeness (QED) is 0.813. The topological polar surface area (TPSA) is 29.3 Å². The van der Waals surface area contributed by atoms with Gasteiger partial charge in [-0.05, 0) is 31.6 Å². The van der Waals surface area contributed by atoms with Gasteiger partial charge < -0.3 is 5.73 Å². The Hall–Kier alpha value is -0.600. The third-order valence-corrected chi connectivity index (χ3v) is 4.06. The third kappa shape index (κ3) is 2.99. The number of nitrogens with zero attached hydrogens (tertiary/aromatic N) is 1. The first-order valence-electron chi connectivity index (χ1n) is 6.97. The Kier molecular flexibility index (Phi) is 4.05. The Bertz CT molecular complexity index is 298. The zero-order valence-corrected chi connectivity index (χ0v) is 11.2. The van der Waals surface area contributed by atoms with Crippen molar-refractivity contribution in [1.82, 2.24) is 4.90 Å². The van der Waals surface area contributed by atoms with Crippen LogP contribution in [0, 0.1) is 5.92 Å². The second-order valence-corrected chi connectivity index (χ2v) is 6.02. The summed E-state index contributed by atoms with van der Waals surface area (Å²) in [7, 11) is 0. The van der Waals surface area contributed by atoms with Gasteiger partial charge in [0.05, 0.1) is 0 Å². The van der Waals surface area contributed by atoms with Crippen molar-refractivity contribution in [1.29, 1.82) is 0 Å². The Morgan fingerprint density at radius 1 is 1.29 bits per heavy atom. The van der Waals surface area contributed by atoms with E-state index in [-0.39, 0.29) is 5.54 Å². The standard InChI is InChI=1S/C15H26N2/c1-13(2)12-15(8-4-3-5-9-15)17-10-6-14(16)7-11-17/h3-5,8,13-14H,6-7,9-12,16H2,1-2H3. The van der Waals surface area contributed by atoms with Gasteiger partial charge in [0.1, 0.15) is 0 Å². The maximum Gasteiger partial charge on any atom is 0.0431 e. The molecule has 0 radical (unpaired) electrons. The zero-order chi connectivity index (χ0) is 12.3. The van der Waals surface area contributed by atoms with Gasteiger partial charge in [-0.3, -0.25) is 4.90 Å². The van der Waals surface area contributed by atoms with Crippen LogP contribution in [0.3, 0.4) is 0 Å². The van der Waals surface area contributed by atoms with E-state index < -0.39 is 0 Å². The predicted octanol–water partition coefficient (Wildman–Crippen LogP) is 2.71. The highest BCUT2D eigenvalue weighted by Gasteiger charge is 2.36. The number of nitrogens with two attached hydrogens (primary N) is 1. The van der Waals surface area contributed by atoms with E-state index in [9.17, 15) is 0 Å². The van der Waals surface area contributed by atoms with E-state index >= 15 is 0 Å². The molecule has 0 aromatic carbocycles. The van der Waals surface area contributed by atoms with Crippen LogP contribution in [0.15, 0.2) is 24.3 Å². The van der Waals surface area contributed by atoms with Crippen LogP contribution in [0.4, 0.5) is 0 Å². The van der Waals surface area contributed by atoms with Crippen LogP contribution in [0.5, 0.6) is 0 Å². The van der Waals surface area contributed by atoms with Crippen molar-refractivity contribution < 1.29 is 0 Å². The molecule has 0 spiro atoms. The van der Waals surface area contributed by atoms with Gasteiger partial charge in [-0.2, -0.15) is 0 Å². The van der Waals surface area contributed by atoms with Crippen LogP contribution in [0.25, 0.3) is 0 Å². The minimum Gasteiger partial charge on any atom is -0.328 e. The summed E-state index contributed by atoms with van der Waals surface area (Å²) in [6.45, 7) is 6.96. The number of rotatable bonds is 3. The van der Waals surface area contributed by atoms with Gasteiger partial charge in [-0.1, -0.05) is 38.2 Å². The Labute approximate surface area is 106 Å². The van der Waals surface area contributed by atoms with Crippen LogP contribution in [-0.4, -0.2) is 29.6 Å². The van der Waals surface area contributed by atoms with Gasteiger partial charge in [0.2, 0.25) is 0 Å². The van der Waals surface area contributed by atoms with Gasteiger partial charge in [0.15, 0.2) is 0 Å². The average molecular weight is 234 g/mol. The minimum absolute atomic E-state index is 0.267. The molecule has 0 aromatic rings. The van der Waals surface area contributed by atoms with E-state index in [2.05, 4.69) is 43.1 Å². The molecular weight excluding hydrogens is 208 g/mol. The number of hydrogen-bond acceptors (Lipinski definition) is 2. The van der Waals surface area contributed by atoms with Gasteiger partial charge in [0.25, 0.3) is 0 Å². The van der Waals surface area contributed by atoms with Crippen LogP contribution in [0.2, 0.25) is 0 Å². The fourth-order valence-corrected chi connectivity index (χ4v) is 3.22. The Morgan fingerprint density at radius 3 is 2.53 bits per heavy atom. The molecule has 2 nitrogen and oxygen atoms in total. The molecular formula is C15H26N2. The fraction of sp³-hybridized carbons (Fsp3) is 0.733. The lowest BCUT2D eigenvalue weighted by atomic mass is 9.80. The van der Waals surface area contributed by atoms with Gasteiger partial charge in [-0.15, -0.1) is 0 Å². The van der Waals surface area contributed by atoms with Crippen LogP contribution < -0.4 is 5.73 Å². The smallest absolute Gasteiger partial charge is 0.0431 e. The van der Waals surface area contributed by atoms with E-state index in [1.54, 1.807) is 0 Å². The Balaban J connectivity index is 2.10. The highest BCUT2D eigenvalue weighted by Crippen LogP contribution is 2.34. The van der Waals surface area contributed by atoms with Crippen molar-refractivity contribution in [3.63, 3.8) is 0 Å². The molecule has 17 heavy (non-hydrogen) atoms. The molecule has 1 saturated heterocycles. The third-order valence-electron chi connectivity index (χ3n) is 4.06. The molecule has 2 N–H and O–H groups in total. The van der Waals surface area contributed by atoms with Crippen molar-refractivity contribution in [3.05, 3.63) is 24.3 Å². The summed E-state index contributed by atoms with van der Waals surface area (Å²) in [4.78, 5) is 2.66. The van der Waals surface area contributed by atoms with Crippen LogP contribution >= 0.6 is 0 Å². The van der Waals surface area contributed by atoms with Crippen LogP contribution in [0.1, 0.15) is 39.5 Å². The van der Waals surface area contributed by atoms with E-state index in [1.807, 2.05) is 0 Å². The normalized spacial score (nSPS) is 31.3. The molecule has 96 valence electrons. The summed E-state index contributed by atoms with van der Waals surface area (Å²) in [6.07, 6.45) is 13.9. The molecule has 2 aliphatic rings. The molecule has 2 heteroatoms. The van der Waals surface area contributed by atoms with Crippen molar-refractivity contribution in [3.8, 4) is 0 Å². The first kappa shape index (κ1) is 12.8. The van der Waals surface area contributed by atoms with E-state index in [0.29, 0.717) is 6.04 Å². The van der Waals surface area contributed by atoms with Crippen molar-refractivity contribution in [2.45, 2.75) is 51.1 Å². The summed E-state index contributed by atoms with van der Waals surface area (Å²) >= 11 is 0. The molecule has 1 aliphatic carbocycles.